The third-order valence-electron chi connectivity index (χ3n) is 3.01. The van der Waals surface area contributed by atoms with Crippen LogP contribution >= 0.6 is 0 Å². The van der Waals surface area contributed by atoms with Gasteiger partial charge in [0.05, 0.1) is 0 Å². The first-order chi connectivity index (χ1) is 8.09. The fraction of sp³-hybridized carbons (Fsp3) is 0.200. The van der Waals surface area contributed by atoms with Crippen molar-refractivity contribution in [3.8, 4) is 5.75 Å². The van der Waals surface area contributed by atoms with Gasteiger partial charge in [-0.25, -0.2) is 0 Å². The fourth-order valence-electron chi connectivity index (χ4n) is 2.14. The van der Waals surface area contributed by atoms with E-state index in [1.54, 1.807) is 12.1 Å². The third-order valence-corrected chi connectivity index (χ3v) is 3.01. The van der Waals surface area contributed by atoms with Crippen LogP contribution in [0.3, 0.4) is 0 Å². The van der Waals surface area contributed by atoms with E-state index in [-0.39, 0.29) is 0 Å². The molecule has 0 amide bonds. The predicted octanol–water partition coefficient (Wildman–Crippen LogP) is 3.78. The lowest BCUT2D eigenvalue weighted by atomic mass is 10.1. The van der Waals surface area contributed by atoms with E-state index in [4.69, 9.17) is 0 Å². The summed E-state index contributed by atoms with van der Waals surface area (Å²) >= 11 is 0. The van der Waals surface area contributed by atoms with E-state index in [0.717, 1.165) is 5.69 Å². The van der Waals surface area contributed by atoms with E-state index >= 15 is 0 Å². The lowest BCUT2D eigenvalue weighted by molar-refractivity contribution is 0.475. The van der Waals surface area contributed by atoms with Crippen LogP contribution in [0.25, 0.3) is 0 Å². The van der Waals surface area contributed by atoms with Gasteiger partial charge in [-0.1, -0.05) is 18.2 Å². The Balaban J connectivity index is 2.43. The quantitative estimate of drug-likeness (QED) is 0.844. The van der Waals surface area contributed by atoms with Crippen molar-refractivity contribution < 1.29 is 5.11 Å². The second-order valence-electron chi connectivity index (χ2n) is 4.32. The first-order valence-corrected chi connectivity index (χ1v) is 5.68. The second kappa shape index (κ2) is 4.50. The lowest BCUT2D eigenvalue weighted by Crippen LogP contribution is -2.12. The van der Waals surface area contributed by atoms with Crippen molar-refractivity contribution in [1.29, 1.82) is 0 Å². The number of aromatic hydroxyl groups is 1. The van der Waals surface area contributed by atoms with Crippen molar-refractivity contribution in [3.63, 3.8) is 0 Å². The highest BCUT2D eigenvalue weighted by Crippen LogP contribution is 2.30. The van der Waals surface area contributed by atoms with E-state index in [2.05, 4.69) is 36.9 Å². The molecular formula is C15H17NO. The Morgan fingerprint density at radius 1 is 0.882 bits per heavy atom. The van der Waals surface area contributed by atoms with Gasteiger partial charge in [0.2, 0.25) is 0 Å². The van der Waals surface area contributed by atoms with E-state index in [1.165, 1.54) is 16.8 Å². The summed E-state index contributed by atoms with van der Waals surface area (Å²) in [4.78, 5) is 2.14. The molecule has 0 bridgehead atoms. The number of phenols is 1. The highest BCUT2D eigenvalue weighted by Gasteiger charge is 2.09. The van der Waals surface area contributed by atoms with Gasteiger partial charge in [-0.3, -0.25) is 0 Å². The van der Waals surface area contributed by atoms with Crippen molar-refractivity contribution in [2.24, 2.45) is 0 Å². The monoisotopic (exact) mass is 227 g/mol. The van der Waals surface area contributed by atoms with Crippen molar-refractivity contribution in [1.82, 2.24) is 0 Å². The average molecular weight is 227 g/mol. The first kappa shape index (κ1) is 11.5. The van der Waals surface area contributed by atoms with Gasteiger partial charge in [0, 0.05) is 18.4 Å². The van der Waals surface area contributed by atoms with Gasteiger partial charge in [0.25, 0.3) is 0 Å². The molecule has 0 saturated carbocycles. The van der Waals surface area contributed by atoms with Crippen LogP contribution in [0, 0.1) is 13.8 Å². The van der Waals surface area contributed by atoms with Crippen LogP contribution in [0.1, 0.15) is 11.1 Å². The minimum absolute atomic E-state index is 0.295. The number of aryl methyl sites for hydroxylation is 2. The molecule has 0 atom stereocenters. The van der Waals surface area contributed by atoms with Crippen molar-refractivity contribution in [2.45, 2.75) is 13.8 Å². The lowest BCUT2D eigenvalue weighted by Gasteiger charge is -2.23. The molecule has 0 radical (unpaired) electrons. The maximum absolute atomic E-state index is 9.30. The molecular weight excluding hydrogens is 210 g/mol. The highest BCUT2D eigenvalue weighted by molar-refractivity contribution is 5.69. The summed E-state index contributed by atoms with van der Waals surface area (Å²) in [5, 5.41) is 9.30. The van der Waals surface area contributed by atoms with Crippen LogP contribution in [0.15, 0.2) is 42.5 Å². The van der Waals surface area contributed by atoms with Crippen molar-refractivity contribution >= 4 is 11.4 Å². The van der Waals surface area contributed by atoms with E-state index < -0.39 is 0 Å². The van der Waals surface area contributed by atoms with Crippen molar-refractivity contribution in [2.75, 3.05) is 11.9 Å². The molecule has 2 aromatic rings. The number of hydrogen-bond acceptors (Lipinski definition) is 2. The summed E-state index contributed by atoms with van der Waals surface area (Å²) in [6.07, 6.45) is 0. The molecule has 88 valence electrons. The highest BCUT2D eigenvalue weighted by atomic mass is 16.3. The Hall–Kier alpha value is -1.96. The standard InChI is InChI=1S/C15H17NO/c1-11-5-4-6-12(2)15(11)16(3)13-7-9-14(17)10-8-13/h4-10,17H,1-3H3. The molecule has 0 heterocycles. The van der Waals surface area contributed by atoms with Gasteiger partial charge in [-0.05, 0) is 49.2 Å². The van der Waals surface area contributed by atoms with Gasteiger partial charge in [-0.2, -0.15) is 0 Å². The molecule has 2 aromatic carbocycles. The molecule has 0 aliphatic rings. The summed E-state index contributed by atoms with van der Waals surface area (Å²) in [6, 6.07) is 13.5. The van der Waals surface area contributed by atoms with Gasteiger partial charge in [-0.15, -0.1) is 0 Å². The van der Waals surface area contributed by atoms with Gasteiger partial charge in [0.1, 0.15) is 5.75 Å². The zero-order valence-electron chi connectivity index (χ0n) is 10.4. The molecule has 0 aliphatic carbocycles. The number of phenolic OH excluding ortho intramolecular Hbond substituents is 1. The molecule has 0 spiro atoms. The van der Waals surface area contributed by atoms with Crippen LogP contribution in [-0.4, -0.2) is 12.2 Å². The SMILES string of the molecule is Cc1cccc(C)c1N(C)c1ccc(O)cc1. The number of para-hydroxylation sites is 1. The number of rotatable bonds is 2. The summed E-state index contributed by atoms with van der Waals surface area (Å²) in [7, 11) is 2.04. The molecule has 2 nitrogen and oxygen atoms in total. The van der Waals surface area contributed by atoms with Crippen molar-refractivity contribution in [3.05, 3.63) is 53.6 Å². The number of nitrogens with zero attached hydrogens (tertiary/aromatic N) is 1. The molecule has 0 aliphatic heterocycles. The molecule has 2 heteroatoms. The largest absolute Gasteiger partial charge is 0.508 e. The van der Waals surface area contributed by atoms with E-state index in [1.807, 2.05) is 19.2 Å². The van der Waals surface area contributed by atoms with E-state index in [0.29, 0.717) is 5.75 Å². The molecule has 2 rings (SSSR count). The second-order valence-corrected chi connectivity index (χ2v) is 4.32. The van der Waals surface area contributed by atoms with Gasteiger partial charge in [0.15, 0.2) is 0 Å². The predicted molar refractivity (Wildman–Crippen MR) is 72.1 cm³/mol. The number of anilines is 2. The minimum atomic E-state index is 0.295. The molecule has 1 N–H and O–H groups in total. The molecule has 0 unspecified atom stereocenters. The van der Waals surface area contributed by atoms with Crippen LogP contribution < -0.4 is 4.90 Å². The maximum atomic E-state index is 9.30. The Kier molecular flexibility index (Phi) is 3.05. The average Bonchev–Trinajstić information content (AvgIpc) is 2.29. The molecule has 17 heavy (non-hydrogen) atoms. The minimum Gasteiger partial charge on any atom is -0.508 e. The molecule has 0 fully saturated rings. The summed E-state index contributed by atoms with van der Waals surface area (Å²) in [5.41, 5.74) is 4.79. The number of hydrogen-bond donors (Lipinski definition) is 1. The van der Waals surface area contributed by atoms with E-state index in [9.17, 15) is 5.11 Å². The Morgan fingerprint density at radius 2 is 1.41 bits per heavy atom. The summed E-state index contributed by atoms with van der Waals surface area (Å²) in [6.45, 7) is 4.22. The summed E-state index contributed by atoms with van der Waals surface area (Å²) in [5.74, 6) is 0.295. The van der Waals surface area contributed by atoms with Crippen LogP contribution in [0.4, 0.5) is 11.4 Å². The Bertz CT molecular complexity index is 497. The Morgan fingerprint density at radius 3 is 1.94 bits per heavy atom. The maximum Gasteiger partial charge on any atom is 0.115 e. The normalized spacial score (nSPS) is 10.3. The third kappa shape index (κ3) is 2.26. The first-order valence-electron chi connectivity index (χ1n) is 5.68. The van der Waals surface area contributed by atoms with Crippen LogP contribution in [0.2, 0.25) is 0 Å². The molecule has 0 saturated heterocycles. The fourth-order valence-corrected chi connectivity index (χ4v) is 2.14. The topological polar surface area (TPSA) is 23.5 Å². The van der Waals surface area contributed by atoms with Crippen LogP contribution in [0.5, 0.6) is 5.75 Å². The Labute approximate surface area is 102 Å². The van der Waals surface area contributed by atoms with Gasteiger partial charge < -0.3 is 10.0 Å². The summed E-state index contributed by atoms with van der Waals surface area (Å²) < 4.78 is 0. The van der Waals surface area contributed by atoms with Crippen LogP contribution in [-0.2, 0) is 0 Å². The smallest absolute Gasteiger partial charge is 0.115 e. The number of benzene rings is 2. The molecule has 0 aromatic heterocycles. The zero-order chi connectivity index (χ0) is 12.4. The zero-order valence-corrected chi connectivity index (χ0v) is 10.4. The van der Waals surface area contributed by atoms with Gasteiger partial charge >= 0.3 is 0 Å².